The first-order chi connectivity index (χ1) is 6.77. The SMILES string of the molecule is CSCCCNCCOCCN(C)C. The molecule has 86 valence electrons. The third kappa shape index (κ3) is 12.2. The summed E-state index contributed by atoms with van der Waals surface area (Å²) in [5.74, 6) is 1.24. The molecule has 0 aromatic rings. The number of rotatable bonds is 10. The van der Waals surface area contributed by atoms with Gasteiger partial charge in [-0.05, 0) is 39.1 Å². The molecule has 0 saturated carbocycles. The van der Waals surface area contributed by atoms with Gasteiger partial charge in [-0.25, -0.2) is 0 Å². The lowest BCUT2D eigenvalue weighted by Crippen LogP contribution is -2.24. The van der Waals surface area contributed by atoms with Crippen molar-refractivity contribution in [1.29, 1.82) is 0 Å². The highest BCUT2D eigenvalue weighted by atomic mass is 32.2. The summed E-state index contributed by atoms with van der Waals surface area (Å²) in [5.41, 5.74) is 0. The molecule has 0 fully saturated rings. The van der Waals surface area contributed by atoms with Crippen LogP contribution in [0.15, 0.2) is 0 Å². The molecule has 3 nitrogen and oxygen atoms in total. The van der Waals surface area contributed by atoms with Crippen LogP contribution in [0.25, 0.3) is 0 Å². The molecule has 0 rings (SSSR count). The largest absolute Gasteiger partial charge is 0.379 e. The fourth-order valence-electron chi connectivity index (χ4n) is 0.960. The highest BCUT2D eigenvalue weighted by molar-refractivity contribution is 7.98. The summed E-state index contributed by atoms with van der Waals surface area (Å²) in [6.07, 6.45) is 3.39. The molecule has 0 aromatic heterocycles. The van der Waals surface area contributed by atoms with E-state index >= 15 is 0 Å². The third-order valence-corrected chi connectivity index (χ3v) is 2.50. The molecule has 4 heteroatoms. The van der Waals surface area contributed by atoms with Crippen molar-refractivity contribution in [1.82, 2.24) is 10.2 Å². The predicted octanol–water partition coefficient (Wildman–Crippen LogP) is 0.907. The van der Waals surface area contributed by atoms with Gasteiger partial charge in [0.05, 0.1) is 13.2 Å². The lowest BCUT2D eigenvalue weighted by atomic mass is 10.5. The third-order valence-electron chi connectivity index (χ3n) is 1.81. The van der Waals surface area contributed by atoms with Crippen LogP contribution in [0.4, 0.5) is 0 Å². The van der Waals surface area contributed by atoms with E-state index in [9.17, 15) is 0 Å². The number of thioether (sulfide) groups is 1. The number of ether oxygens (including phenoxy) is 1. The Morgan fingerprint density at radius 1 is 1.21 bits per heavy atom. The lowest BCUT2D eigenvalue weighted by Gasteiger charge is -2.10. The van der Waals surface area contributed by atoms with Crippen LogP contribution in [0.3, 0.4) is 0 Å². The Labute approximate surface area is 92.6 Å². The molecular formula is C10H24N2OS. The number of nitrogens with zero attached hydrogens (tertiary/aromatic N) is 1. The Bertz CT molecular complexity index is 112. The van der Waals surface area contributed by atoms with Crippen molar-refractivity contribution >= 4 is 11.8 Å². The molecular weight excluding hydrogens is 196 g/mol. The lowest BCUT2D eigenvalue weighted by molar-refractivity contribution is 0.119. The van der Waals surface area contributed by atoms with Gasteiger partial charge in [-0.15, -0.1) is 0 Å². The Kier molecular flexibility index (Phi) is 11.5. The zero-order valence-corrected chi connectivity index (χ0v) is 10.5. The van der Waals surface area contributed by atoms with E-state index in [0.717, 1.165) is 32.8 Å². The van der Waals surface area contributed by atoms with E-state index in [-0.39, 0.29) is 0 Å². The molecule has 0 heterocycles. The van der Waals surface area contributed by atoms with Crippen LogP contribution in [0.2, 0.25) is 0 Å². The zero-order valence-electron chi connectivity index (χ0n) is 9.71. The molecule has 0 aliphatic carbocycles. The van der Waals surface area contributed by atoms with Gasteiger partial charge in [-0.2, -0.15) is 11.8 Å². The van der Waals surface area contributed by atoms with Crippen LogP contribution >= 0.6 is 11.8 Å². The summed E-state index contributed by atoms with van der Waals surface area (Å²) < 4.78 is 5.44. The van der Waals surface area contributed by atoms with Crippen molar-refractivity contribution in [2.45, 2.75) is 6.42 Å². The van der Waals surface area contributed by atoms with Crippen molar-refractivity contribution < 1.29 is 4.74 Å². The standard InChI is InChI=1S/C10H24N2OS/c1-12(2)7-9-13-8-6-11-5-4-10-14-3/h11H,4-10H2,1-3H3. The molecule has 0 aliphatic heterocycles. The Morgan fingerprint density at radius 2 is 2.00 bits per heavy atom. The average molecular weight is 220 g/mol. The van der Waals surface area contributed by atoms with E-state index in [1.807, 2.05) is 11.8 Å². The minimum Gasteiger partial charge on any atom is -0.379 e. The molecule has 0 unspecified atom stereocenters. The molecule has 1 N–H and O–H groups in total. The minimum atomic E-state index is 0.826. The summed E-state index contributed by atoms with van der Waals surface area (Å²) in [5, 5.41) is 3.36. The second kappa shape index (κ2) is 11.3. The summed E-state index contributed by atoms with van der Waals surface area (Å²) in [4.78, 5) is 2.13. The van der Waals surface area contributed by atoms with E-state index in [0.29, 0.717) is 0 Å². The molecule has 0 saturated heterocycles. The summed E-state index contributed by atoms with van der Waals surface area (Å²) in [6.45, 7) is 4.75. The fourth-order valence-corrected chi connectivity index (χ4v) is 1.39. The van der Waals surface area contributed by atoms with E-state index in [2.05, 4.69) is 30.6 Å². The van der Waals surface area contributed by atoms with Crippen LogP contribution in [0, 0.1) is 0 Å². The average Bonchev–Trinajstić information content (AvgIpc) is 2.15. The van der Waals surface area contributed by atoms with Crippen molar-refractivity contribution in [3.05, 3.63) is 0 Å². The van der Waals surface area contributed by atoms with E-state index in [1.165, 1.54) is 12.2 Å². The first kappa shape index (κ1) is 14.2. The maximum Gasteiger partial charge on any atom is 0.0593 e. The molecule has 0 radical (unpaired) electrons. The van der Waals surface area contributed by atoms with E-state index in [4.69, 9.17) is 4.74 Å². The normalized spacial score (nSPS) is 11.1. The minimum absolute atomic E-state index is 0.826. The highest BCUT2D eigenvalue weighted by Crippen LogP contribution is 1.92. The summed E-state index contributed by atoms with van der Waals surface area (Å²) in [6, 6.07) is 0. The molecule has 0 aromatic carbocycles. The van der Waals surface area contributed by atoms with Gasteiger partial charge in [0.1, 0.15) is 0 Å². The number of hydrogen-bond acceptors (Lipinski definition) is 4. The smallest absolute Gasteiger partial charge is 0.0593 e. The van der Waals surface area contributed by atoms with Gasteiger partial charge in [0.15, 0.2) is 0 Å². The first-order valence-corrected chi connectivity index (χ1v) is 6.59. The van der Waals surface area contributed by atoms with Gasteiger partial charge < -0.3 is 15.0 Å². The molecule has 0 atom stereocenters. The van der Waals surface area contributed by atoms with Gasteiger partial charge in [-0.3, -0.25) is 0 Å². The quantitative estimate of drug-likeness (QED) is 0.553. The topological polar surface area (TPSA) is 24.5 Å². The van der Waals surface area contributed by atoms with Crippen LogP contribution in [0.1, 0.15) is 6.42 Å². The number of likely N-dealkylation sites (N-methyl/N-ethyl adjacent to an activating group) is 1. The molecule has 0 spiro atoms. The summed E-state index contributed by atoms with van der Waals surface area (Å²) in [7, 11) is 4.12. The van der Waals surface area contributed by atoms with Crippen LogP contribution in [-0.4, -0.2) is 63.9 Å². The Morgan fingerprint density at radius 3 is 2.64 bits per heavy atom. The van der Waals surface area contributed by atoms with Crippen molar-refractivity contribution in [2.75, 3.05) is 59.0 Å². The Hall–Kier alpha value is 0.230. The van der Waals surface area contributed by atoms with Gasteiger partial charge in [0.2, 0.25) is 0 Å². The monoisotopic (exact) mass is 220 g/mol. The van der Waals surface area contributed by atoms with Gasteiger partial charge >= 0.3 is 0 Å². The fraction of sp³-hybridized carbons (Fsp3) is 1.00. The molecule has 14 heavy (non-hydrogen) atoms. The highest BCUT2D eigenvalue weighted by Gasteiger charge is 1.91. The van der Waals surface area contributed by atoms with Gasteiger partial charge in [0.25, 0.3) is 0 Å². The van der Waals surface area contributed by atoms with Crippen LogP contribution < -0.4 is 5.32 Å². The molecule has 0 aliphatic rings. The van der Waals surface area contributed by atoms with E-state index < -0.39 is 0 Å². The number of nitrogens with one attached hydrogen (secondary N) is 1. The maximum absolute atomic E-state index is 5.44. The maximum atomic E-state index is 5.44. The second-order valence-corrected chi connectivity index (χ2v) is 4.50. The first-order valence-electron chi connectivity index (χ1n) is 5.19. The van der Waals surface area contributed by atoms with Crippen molar-refractivity contribution in [3.8, 4) is 0 Å². The molecule has 0 bridgehead atoms. The second-order valence-electron chi connectivity index (χ2n) is 3.51. The Balaban J connectivity index is 2.85. The van der Waals surface area contributed by atoms with Crippen LogP contribution in [0.5, 0.6) is 0 Å². The zero-order chi connectivity index (χ0) is 10.6. The predicted molar refractivity (Wildman–Crippen MR) is 65.2 cm³/mol. The van der Waals surface area contributed by atoms with Gasteiger partial charge in [-0.1, -0.05) is 0 Å². The summed E-state index contributed by atoms with van der Waals surface area (Å²) >= 11 is 1.90. The number of hydrogen-bond donors (Lipinski definition) is 1. The van der Waals surface area contributed by atoms with Crippen molar-refractivity contribution in [3.63, 3.8) is 0 Å². The van der Waals surface area contributed by atoms with Gasteiger partial charge in [0, 0.05) is 13.1 Å². The molecule has 0 amide bonds. The van der Waals surface area contributed by atoms with E-state index in [1.54, 1.807) is 0 Å². The van der Waals surface area contributed by atoms with Crippen LogP contribution in [-0.2, 0) is 4.74 Å². The van der Waals surface area contributed by atoms with Crippen molar-refractivity contribution in [2.24, 2.45) is 0 Å².